The van der Waals surface area contributed by atoms with Crippen LogP contribution in [0.1, 0.15) is 26.5 Å². The first kappa shape index (κ1) is 16.9. The minimum Gasteiger partial charge on any atom is -0.386 e. The number of rotatable bonds is 5. The van der Waals surface area contributed by atoms with Crippen molar-refractivity contribution in [2.24, 2.45) is 13.0 Å². The number of aliphatic hydroxyl groups excluding tert-OH is 1. The van der Waals surface area contributed by atoms with E-state index >= 15 is 0 Å². The third kappa shape index (κ3) is 2.79. The van der Waals surface area contributed by atoms with Crippen molar-refractivity contribution >= 4 is 17.1 Å². The average molecular weight is 338 g/mol. The van der Waals surface area contributed by atoms with Crippen molar-refractivity contribution in [3.05, 3.63) is 16.7 Å². The van der Waals surface area contributed by atoms with Gasteiger partial charge in [-0.2, -0.15) is 9.55 Å². The van der Waals surface area contributed by atoms with Gasteiger partial charge in [-0.15, -0.1) is 0 Å². The molecule has 4 N–H and O–H groups in total. The van der Waals surface area contributed by atoms with E-state index in [4.69, 9.17) is 15.2 Å². The molecule has 0 radical (unpaired) electrons. The number of aryl methyl sites for hydroxylation is 1. The first-order chi connectivity index (χ1) is 11.4. The highest BCUT2D eigenvalue weighted by molar-refractivity contribution is 5.66. The van der Waals surface area contributed by atoms with E-state index in [1.165, 1.54) is 0 Å². The fourth-order valence-electron chi connectivity index (χ4n) is 3.17. The molecular weight excluding hydrogens is 314 g/mol. The van der Waals surface area contributed by atoms with E-state index in [1.54, 1.807) is 22.5 Å². The zero-order valence-corrected chi connectivity index (χ0v) is 14.1. The maximum atomic E-state index is 12.1. The number of anilines is 1. The van der Waals surface area contributed by atoms with Gasteiger partial charge in [-0.05, 0) is 13.3 Å². The molecule has 0 spiro atoms. The lowest BCUT2D eigenvalue weighted by Crippen LogP contribution is -2.32. The van der Waals surface area contributed by atoms with Gasteiger partial charge in [0.1, 0.15) is 6.10 Å². The van der Waals surface area contributed by atoms with Crippen LogP contribution in [-0.2, 0) is 16.5 Å². The van der Waals surface area contributed by atoms with Gasteiger partial charge < -0.3 is 20.3 Å². The van der Waals surface area contributed by atoms with E-state index in [-0.39, 0.29) is 23.5 Å². The van der Waals surface area contributed by atoms with E-state index in [1.807, 2.05) is 13.8 Å². The third-order valence-corrected chi connectivity index (χ3v) is 4.41. The molecule has 24 heavy (non-hydrogen) atoms. The molecule has 1 aliphatic rings. The highest BCUT2D eigenvalue weighted by Gasteiger charge is 2.46. The standard InChI is InChI=1S/C15H23N5O4/c1-4-5-23-6-9-8(2)24-14(11(9)21)20-7-19(3)10-12(20)17-15(16)18-13(10)22/h7-9,11,14,21H,4-6H2,1-3H3,(H2-,16,17,18,22)/p+1/t8-,9?,11-,14-/m1/s1. The molecule has 3 heterocycles. The molecule has 1 aliphatic heterocycles. The molecule has 1 fully saturated rings. The van der Waals surface area contributed by atoms with Crippen molar-refractivity contribution in [1.29, 1.82) is 0 Å². The lowest BCUT2D eigenvalue weighted by Gasteiger charge is -2.16. The molecule has 1 saturated heterocycles. The van der Waals surface area contributed by atoms with Crippen LogP contribution >= 0.6 is 0 Å². The summed E-state index contributed by atoms with van der Waals surface area (Å²) >= 11 is 0. The van der Waals surface area contributed by atoms with Crippen LogP contribution in [-0.4, -0.2) is 45.1 Å². The van der Waals surface area contributed by atoms with Crippen LogP contribution in [0.15, 0.2) is 11.1 Å². The molecule has 0 bridgehead atoms. The van der Waals surface area contributed by atoms with E-state index in [9.17, 15) is 9.90 Å². The van der Waals surface area contributed by atoms with Gasteiger partial charge in [0.05, 0.1) is 19.8 Å². The van der Waals surface area contributed by atoms with Crippen molar-refractivity contribution in [1.82, 2.24) is 14.5 Å². The molecule has 3 rings (SSSR count). The maximum Gasteiger partial charge on any atom is 0.304 e. The van der Waals surface area contributed by atoms with Gasteiger partial charge in [-0.3, -0.25) is 9.78 Å². The Labute approximate surface area is 139 Å². The highest BCUT2D eigenvalue weighted by Crippen LogP contribution is 2.35. The summed E-state index contributed by atoms with van der Waals surface area (Å²) in [4.78, 5) is 18.8. The lowest BCUT2D eigenvalue weighted by atomic mass is 10.00. The maximum absolute atomic E-state index is 12.1. The Morgan fingerprint density at radius 3 is 3.04 bits per heavy atom. The second-order valence-electron chi connectivity index (χ2n) is 6.22. The van der Waals surface area contributed by atoms with Crippen molar-refractivity contribution in [2.45, 2.75) is 38.7 Å². The summed E-state index contributed by atoms with van der Waals surface area (Å²) in [5, 5.41) is 10.7. The first-order valence-corrected chi connectivity index (χ1v) is 8.11. The summed E-state index contributed by atoms with van der Waals surface area (Å²) in [7, 11) is 1.73. The van der Waals surface area contributed by atoms with E-state index in [2.05, 4.69) is 9.97 Å². The minimum atomic E-state index is -0.769. The number of nitrogens with zero attached hydrogens (tertiary/aromatic N) is 3. The van der Waals surface area contributed by atoms with Crippen LogP contribution in [0.3, 0.4) is 0 Å². The highest BCUT2D eigenvalue weighted by atomic mass is 16.5. The van der Waals surface area contributed by atoms with Crippen LogP contribution in [0.4, 0.5) is 5.95 Å². The number of hydrogen-bond donors (Lipinski definition) is 3. The first-order valence-electron chi connectivity index (χ1n) is 8.11. The largest absolute Gasteiger partial charge is 0.386 e. The van der Waals surface area contributed by atoms with Gasteiger partial charge in [-0.1, -0.05) is 6.92 Å². The van der Waals surface area contributed by atoms with Crippen LogP contribution in [0.2, 0.25) is 0 Å². The van der Waals surface area contributed by atoms with E-state index in [0.29, 0.717) is 24.4 Å². The number of imidazole rings is 1. The van der Waals surface area contributed by atoms with Crippen LogP contribution in [0.25, 0.3) is 11.2 Å². The Morgan fingerprint density at radius 1 is 1.58 bits per heavy atom. The Bertz CT molecular complexity index is 786. The molecule has 0 aromatic carbocycles. The van der Waals surface area contributed by atoms with Gasteiger partial charge in [-0.25, -0.2) is 4.57 Å². The zero-order valence-electron chi connectivity index (χ0n) is 14.1. The Hall–Kier alpha value is -1.97. The lowest BCUT2D eigenvalue weighted by molar-refractivity contribution is -0.646. The summed E-state index contributed by atoms with van der Waals surface area (Å²) in [5.74, 6) is -0.125. The van der Waals surface area contributed by atoms with Gasteiger partial charge in [0.2, 0.25) is 18.5 Å². The third-order valence-electron chi connectivity index (χ3n) is 4.41. The topological polar surface area (TPSA) is 119 Å². The number of aromatic nitrogens is 4. The molecular formula is C15H24N5O4+. The van der Waals surface area contributed by atoms with Crippen LogP contribution in [0.5, 0.6) is 0 Å². The predicted octanol–water partition coefficient (Wildman–Crippen LogP) is -0.548. The Morgan fingerprint density at radius 2 is 2.33 bits per heavy atom. The summed E-state index contributed by atoms with van der Waals surface area (Å²) < 4.78 is 14.8. The van der Waals surface area contributed by atoms with Gasteiger partial charge >= 0.3 is 5.56 Å². The molecule has 2 aromatic heterocycles. The second kappa shape index (κ2) is 6.50. The summed E-state index contributed by atoms with van der Waals surface area (Å²) in [6, 6.07) is 0. The SMILES string of the molecule is CCCOCC1[C@@H](O)[C@H](n2c[n+](C)c3c(=O)[nH]c(N)nc32)O[C@@H]1C. The number of H-pyrrole nitrogens is 1. The fraction of sp³-hybridized carbons (Fsp3) is 0.667. The molecule has 0 saturated carbocycles. The second-order valence-corrected chi connectivity index (χ2v) is 6.22. The van der Waals surface area contributed by atoms with E-state index < -0.39 is 12.3 Å². The normalized spacial score (nSPS) is 27.2. The average Bonchev–Trinajstić information content (AvgIpc) is 2.98. The van der Waals surface area contributed by atoms with Gasteiger partial charge in [0.15, 0.2) is 0 Å². The molecule has 0 aliphatic carbocycles. The summed E-state index contributed by atoms with van der Waals surface area (Å²) in [6.45, 7) is 5.01. The summed E-state index contributed by atoms with van der Waals surface area (Å²) in [6.07, 6.45) is 1.01. The quantitative estimate of drug-likeness (QED) is 0.497. The number of fused-ring (bicyclic) bond motifs is 1. The molecule has 9 nitrogen and oxygen atoms in total. The van der Waals surface area contributed by atoms with Crippen molar-refractivity contribution in [3.63, 3.8) is 0 Å². The molecule has 0 amide bonds. The van der Waals surface area contributed by atoms with Crippen LogP contribution in [0, 0.1) is 5.92 Å². The van der Waals surface area contributed by atoms with Crippen molar-refractivity contribution in [2.75, 3.05) is 18.9 Å². The van der Waals surface area contributed by atoms with Gasteiger partial charge in [0, 0.05) is 12.5 Å². The number of ether oxygens (including phenoxy) is 2. The number of aromatic amines is 1. The minimum absolute atomic E-state index is 0.0239. The smallest absolute Gasteiger partial charge is 0.304 e. The number of aliphatic hydroxyl groups is 1. The van der Waals surface area contributed by atoms with Crippen LogP contribution < -0.4 is 15.9 Å². The Balaban J connectivity index is 1.95. The fourth-order valence-corrected chi connectivity index (χ4v) is 3.17. The number of hydrogen-bond acceptors (Lipinski definition) is 6. The Kier molecular flexibility index (Phi) is 4.57. The molecule has 2 aromatic rings. The monoisotopic (exact) mass is 338 g/mol. The van der Waals surface area contributed by atoms with E-state index in [0.717, 1.165) is 6.42 Å². The zero-order chi connectivity index (χ0) is 17.4. The number of nitrogens with two attached hydrogens (primary N) is 1. The van der Waals surface area contributed by atoms with Gasteiger partial charge in [0.25, 0.3) is 11.2 Å². The molecule has 9 heteroatoms. The molecule has 132 valence electrons. The molecule has 4 atom stereocenters. The molecule has 1 unspecified atom stereocenters. The predicted molar refractivity (Wildman–Crippen MR) is 86.1 cm³/mol. The number of nitrogens with one attached hydrogen (secondary N) is 1. The van der Waals surface area contributed by atoms with Crippen molar-refractivity contribution in [3.8, 4) is 0 Å². The summed E-state index contributed by atoms with van der Waals surface area (Å²) in [5.41, 5.74) is 6.08. The van der Waals surface area contributed by atoms with Crippen molar-refractivity contribution < 1.29 is 19.1 Å². The number of nitrogen functional groups attached to an aromatic ring is 1.